The molecule has 1 atom stereocenters. The lowest BCUT2D eigenvalue weighted by molar-refractivity contribution is -0.116. The molecule has 36 heavy (non-hydrogen) atoms. The molecule has 1 heterocycles. The van der Waals surface area contributed by atoms with E-state index in [0.29, 0.717) is 28.8 Å². The number of para-hydroxylation sites is 2. The fourth-order valence-electron chi connectivity index (χ4n) is 3.54. The third-order valence-corrected chi connectivity index (χ3v) is 6.67. The van der Waals surface area contributed by atoms with E-state index in [0.717, 1.165) is 11.4 Å². The monoisotopic (exact) mass is 501 g/mol. The number of thioether (sulfide) groups is 1. The molecule has 2 N–H and O–H groups in total. The Hall–Kier alpha value is -4.11. The standard InChI is InChI=1S/C27H27N5O3S/c1-3-23(26(34)29-19-10-6-4-7-11-19)36-27-31-30-24(32(27)21-12-8-5-9-13-21)18-25(33)28-20-14-16-22(35-2)17-15-20/h4-17,23H,3,18H2,1-2H3,(H,28,33)(H,29,34)/t23-/m0/s1. The smallest absolute Gasteiger partial charge is 0.237 e. The fourth-order valence-corrected chi connectivity index (χ4v) is 4.54. The first-order valence-corrected chi connectivity index (χ1v) is 12.4. The summed E-state index contributed by atoms with van der Waals surface area (Å²) in [6, 6.07) is 26.0. The molecule has 8 nitrogen and oxygen atoms in total. The Kier molecular flexibility index (Phi) is 8.36. The van der Waals surface area contributed by atoms with Gasteiger partial charge in [-0.05, 0) is 55.0 Å². The maximum atomic E-state index is 13.0. The Bertz CT molecular complexity index is 1290. The summed E-state index contributed by atoms with van der Waals surface area (Å²) in [6.07, 6.45) is 0.611. The van der Waals surface area contributed by atoms with Gasteiger partial charge in [0, 0.05) is 17.1 Å². The van der Waals surface area contributed by atoms with E-state index >= 15 is 0 Å². The molecule has 0 saturated heterocycles. The second kappa shape index (κ2) is 12.0. The van der Waals surface area contributed by atoms with Crippen LogP contribution in [0.4, 0.5) is 11.4 Å². The van der Waals surface area contributed by atoms with Crippen LogP contribution in [0.25, 0.3) is 5.69 Å². The molecule has 0 bridgehead atoms. The molecule has 4 rings (SSSR count). The molecule has 0 aliphatic carbocycles. The van der Waals surface area contributed by atoms with Crippen LogP contribution in [0.3, 0.4) is 0 Å². The number of nitrogens with one attached hydrogen (secondary N) is 2. The van der Waals surface area contributed by atoms with E-state index in [1.54, 1.807) is 31.4 Å². The van der Waals surface area contributed by atoms with E-state index in [1.165, 1.54) is 11.8 Å². The molecule has 2 amide bonds. The topological polar surface area (TPSA) is 98.1 Å². The van der Waals surface area contributed by atoms with Crippen LogP contribution >= 0.6 is 11.8 Å². The van der Waals surface area contributed by atoms with E-state index in [4.69, 9.17) is 4.74 Å². The first-order chi connectivity index (χ1) is 17.6. The van der Waals surface area contributed by atoms with Crippen LogP contribution in [0, 0.1) is 0 Å². The van der Waals surface area contributed by atoms with Gasteiger partial charge in [0.1, 0.15) is 11.6 Å². The van der Waals surface area contributed by atoms with Crippen molar-refractivity contribution in [2.45, 2.75) is 30.2 Å². The number of rotatable bonds is 10. The zero-order valence-electron chi connectivity index (χ0n) is 20.0. The number of aromatic nitrogens is 3. The van der Waals surface area contributed by atoms with Crippen LogP contribution in [-0.2, 0) is 16.0 Å². The number of nitrogens with zero attached hydrogens (tertiary/aromatic N) is 3. The molecule has 0 aliphatic rings. The second-order valence-corrected chi connectivity index (χ2v) is 9.06. The normalized spacial score (nSPS) is 11.5. The van der Waals surface area contributed by atoms with E-state index in [1.807, 2.05) is 72.2 Å². The van der Waals surface area contributed by atoms with Gasteiger partial charge >= 0.3 is 0 Å². The van der Waals surface area contributed by atoms with Crippen LogP contribution in [0.5, 0.6) is 5.75 Å². The zero-order chi connectivity index (χ0) is 25.3. The average Bonchev–Trinajstić information content (AvgIpc) is 3.30. The highest BCUT2D eigenvalue weighted by atomic mass is 32.2. The summed E-state index contributed by atoms with van der Waals surface area (Å²) in [5.41, 5.74) is 2.21. The quantitative estimate of drug-likeness (QED) is 0.298. The Morgan fingerprint density at radius 1 is 0.889 bits per heavy atom. The van der Waals surface area contributed by atoms with Gasteiger partial charge in [-0.2, -0.15) is 0 Å². The molecular weight excluding hydrogens is 474 g/mol. The third-order valence-electron chi connectivity index (χ3n) is 5.36. The van der Waals surface area contributed by atoms with Gasteiger partial charge in [0.15, 0.2) is 5.16 Å². The van der Waals surface area contributed by atoms with Crippen molar-refractivity contribution in [3.63, 3.8) is 0 Å². The number of methoxy groups -OCH3 is 1. The van der Waals surface area contributed by atoms with Gasteiger partial charge in [-0.25, -0.2) is 0 Å². The van der Waals surface area contributed by atoms with E-state index in [2.05, 4.69) is 20.8 Å². The van der Waals surface area contributed by atoms with Crippen LogP contribution in [-0.4, -0.2) is 38.9 Å². The van der Waals surface area contributed by atoms with Gasteiger partial charge in [0.05, 0.1) is 18.8 Å². The van der Waals surface area contributed by atoms with Crippen LogP contribution in [0.1, 0.15) is 19.2 Å². The number of hydrogen-bond donors (Lipinski definition) is 2. The number of carbonyl (C=O) groups excluding carboxylic acids is 2. The third kappa shape index (κ3) is 6.31. The van der Waals surface area contributed by atoms with Gasteiger partial charge < -0.3 is 15.4 Å². The molecular formula is C27H27N5O3S. The Labute approximate surface area is 214 Å². The molecule has 0 radical (unpaired) electrons. The number of anilines is 2. The highest BCUT2D eigenvalue weighted by Crippen LogP contribution is 2.28. The Morgan fingerprint density at radius 3 is 2.17 bits per heavy atom. The summed E-state index contributed by atoms with van der Waals surface area (Å²) in [6.45, 7) is 1.95. The summed E-state index contributed by atoms with van der Waals surface area (Å²) in [4.78, 5) is 25.8. The minimum atomic E-state index is -0.391. The Morgan fingerprint density at radius 2 is 1.53 bits per heavy atom. The maximum absolute atomic E-state index is 13.0. The lowest BCUT2D eigenvalue weighted by Crippen LogP contribution is -2.25. The van der Waals surface area contributed by atoms with Gasteiger partial charge in [-0.1, -0.05) is 55.1 Å². The van der Waals surface area contributed by atoms with E-state index < -0.39 is 5.25 Å². The van der Waals surface area contributed by atoms with Crippen molar-refractivity contribution in [2.24, 2.45) is 0 Å². The van der Waals surface area contributed by atoms with Crippen LogP contribution in [0.15, 0.2) is 90.1 Å². The summed E-state index contributed by atoms with van der Waals surface area (Å²) < 4.78 is 6.99. The van der Waals surface area contributed by atoms with Crippen molar-refractivity contribution in [1.82, 2.24) is 14.8 Å². The van der Waals surface area contributed by atoms with Gasteiger partial charge in [-0.3, -0.25) is 14.2 Å². The number of amides is 2. The predicted octanol–water partition coefficient (Wildman–Crippen LogP) is 4.97. The van der Waals surface area contributed by atoms with Gasteiger partial charge in [0.25, 0.3) is 0 Å². The number of hydrogen-bond acceptors (Lipinski definition) is 6. The number of carbonyl (C=O) groups is 2. The fraction of sp³-hybridized carbons (Fsp3) is 0.185. The summed E-state index contributed by atoms with van der Waals surface area (Å²) in [7, 11) is 1.59. The minimum absolute atomic E-state index is 0.0154. The first kappa shape index (κ1) is 25.0. The molecule has 9 heteroatoms. The molecule has 0 fully saturated rings. The van der Waals surface area contributed by atoms with Crippen molar-refractivity contribution in [3.8, 4) is 11.4 Å². The number of benzene rings is 3. The molecule has 0 spiro atoms. The van der Waals surface area contributed by atoms with Gasteiger partial charge in [0.2, 0.25) is 11.8 Å². The number of ether oxygens (including phenoxy) is 1. The van der Waals surface area contributed by atoms with E-state index in [9.17, 15) is 9.59 Å². The lowest BCUT2D eigenvalue weighted by atomic mass is 10.2. The van der Waals surface area contributed by atoms with Crippen LogP contribution in [0.2, 0.25) is 0 Å². The van der Waals surface area contributed by atoms with Crippen molar-refractivity contribution in [2.75, 3.05) is 17.7 Å². The molecule has 1 aromatic heterocycles. The highest BCUT2D eigenvalue weighted by molar-refractivity contribution is 8.00. The summed E-state index contributed by atoms with van der Waals surface area (Å²) in [5.74, 6) is 0.846. The summed E-state index contributed by atoms with van der Waals surface area (Å²) >= 11 is 1.33. The first-order valence-electron chi connectivity index (χ1n) is 11.5. The maximum Gasteiger partial charge on any atom is 0.237 e. The zero-order valence-corrected chi connectivity index (χ0v) is 20.9. The van der Waals surface area contributed by atoms with E-state index in [-0.39, 0.29) is 18.2 Å². The van der Waals surface area contributed by atoms with Crippen LogP contribution < -0.4 is 15.4 Å². The minimum Gasteiger partial charge on any atom is -0.497 e. The average molecular weight is 502 g/mol. The summed E-state index contributed by atoms with van der Waals surface area (Å²) in [5, 5.41) is 14.7. The molecule has 0 aliphatic heterocycles. The lowest BCUT2D eigenvalue weighted by Gasteiger charge is -2.16. The van der Waals surface area contributed by atoms with Crippen molar-refractivity contribution in [3.05, 3.63) is 90.8 Å². The van der Waals surface area contributed by atoms with Gasteiger partial charge in [-0.15, -0.1) is 10.2 Å². The molecule has 0 saturated carbocycles. The second-order valence-electron chi connectivity index (χ2n) is 7.89. The van der Waals surface area contributed by atoms with Crippen molar-refractivity contribution < 1.29 is 14.3 Å². The molecule has 184 valence electrons. The molecule has 4 aromatic rings. The SMILES string of the molecule is CC[C@H](Sc1nnc(CC(=O)Nc2ccc(OC)cc2)n1-c1ccccc1)C(=O)Nc1ccccc1. The van der Waals surface area contributed by atoms with Crippen molar-refractivity contribution >= 4 is 35.0 Å². The molecule has 3 aromatic carbocycles. The Balaban J connectivity index is 1.54. The predicted molar refractivity (Wildman–Crippen MR) is 142 cm³/mol. The molecule has 0 unspecified atom stereocenters. The highest BCUT2D eigenvalue weighted by Gasteiger charge is 2.24. The largest absolute Gasteiger partial charge is 0.497 e. The van der Waals surface area contributed by atoms with Crippen molar-refractivity contribution in [1.29, 1.82) is 0 Å².